The molecule has 19 heavy (non-hydrogen) atoms. The molecular weight excluding hydrogens is 292 g/mol. The molecule has 0 spiro atoms. The smallest absolute Gasteiger partial charge is 0.262 e. The van der Waals surface area contributed by atoms with Crippen molar-refractivity contribution in [2.45, 2.75) is 17.9 Å². The second-order valence-corrected chi connectivity index (χ2v) is 6.10. The summed E-state index contributed by atoms with van der Waals surface area (Å²) in [7, 11) is -0.605. The Bertz CT molecular complexity index is 586. The topological polar surface area (TPSA) is 89.7 Å². The Labute approximate surface area is 117 Å². The van der Waals surface area contributed by atoms with Crippen LogP contribution >= 0.6 is 11.6 Å². The van der Waals surface area contributed by atoms with Gasteiger partial charge in [0.15, 0.2) is 6.10 Å². The van der Waals surface area contributed by atoms with Gasteiger partial charge in [0.25, 0.3) is 5.91 Å². The molecule has 0 aliphatic carbocycles. The molecule has 0 bridgehead atoms. The van der Waals surface area contributed by atoms with Crippen LogP contribution in [0.25, 0.3) is 0 Å². The highest BCUT2D eigenvalue weighted by molar-refractivity contribution is 7.89. The molecule has 0 aliphatic heterocycles. The number of likely N-dealkylation sites (N-methyl/N-ethyl adjacent to an activating group) is 1. The summed E-state index contributed by atoms with van der Waals surface area (Å²) in [6, 6.07) is 3.81. The Hall–Kier alpha value is -1.31. The Morgan fingerprint density at radius 2 is 2.00 bits per heavy atom. The van der Waals surface area contributed by atoms with Gasteiger partial charge in [-0.2, -0.15) is 0 Å². The van der Waals surface area contributed by atoms with E-state index >= 15 is 0 Å². The highest BCUT2D eigenvalue weighted by Gasteiger charge is 2.18. The zero-order valence-corrected chi connectivity index (χ0v) is 12.3. The van der Waals surface area contributed by atoms with Gasteiger partial charge >= 0.3 is 0 Å². The highest BCUT2D eigenvalue weighted by atomic mass is 35.5. The van der Waals surface area contributed by atoms with Crippen molar-refractivity contribution in [3.63, 3.8) is 0 Å². The second kappa shape index (κ2) is 5.77. The zero-order valence-electron chi connectivity index (χ0n) is 10.8. The molecular formula is C11H15ClN2O4S. The molecule has 1 unspecified atom stereocenters. The molecule has 0 fully saturated rings. The molecule has 106 valence electrons. The number of hydrogen-bond donors (Lipinski definition) is 1. The lowest BCUT2D eigenvalue weighted by atomic mass is 10.3. The number of hydrogen-bond acceptors (Lipinski definition) is 4. The van der Waals surface area contributed by atoms with E-state index in [4.69, 9.17) is 21.5 Å². The van der Waals surface area contributed by atoms with Gasteiger partial charge in [-0.15, -0.1) is 0 Å². The summed E-state index contributed by atoms with van der Waals surface area (Å²) in [4.78, 5) is 12.9. The number of amides is 1. The number of nitrogens with two attached hydrogens (primary N) is 1. The summed E-state index contributed by atoms with van der Waals surface area (Å²) in [5.41, 5.74) is 0. The highest BCUT2D eigenvalue weighted by Crippen LogP contribution is 2.27. The Balaban J connectivity index is 2.96. The van der Waals surface area contributed by atoms with Crippen LogP contribution in [0.5, 0.6) is 5.75 Å². The van der Waals surface area contributed by atoms with E-state index in [2.05, 4.69) is 0 Å². The summed E-state index contributed by atoms with van der Waals surface area (Å²) in [5.74, 6) is -0.0108. The van der Waals surface area contributed by atoms with Gasteiger partial charge in [0.1, 0.15) is 5.75 Å². The minimum atomic E-state index is -3.82. The maximum atomic E-state index is 11.6. The molecule has 1 atom stereocenters. The van der Waals surface area contributed by atoms with Crippen LogP contribution in [0.1, 0.15) is 6.92 Å². The van der Waals surface area contributed by atoms with Crippen LogP contribution in [-0.4, -0.2) is 39.4 Å². The van der Waals surface area contributed by atoms with E-state index in [1.165, 1.54) is 23.1 Å². The van der Waals surface area contributed by atoms with Gasteiger partial charge < -0.3 is 9.64 Å². The Morgan fingerprint density at radius 1 is 1.42 bits per heavy atom. The molecule has 8 heteroatoms. The molecule has 0 aromatic heterocycles. The van der Waals surface area contributed by atoms with Crippen molar-refractivity contribution in [3.8, 4) is 5.75 Å². The standard InChI is InChI=1S/C11H15ClN2O4S/c1-7(11(15)14(2)3)18-10-5-4-8(6-9(10)12)19(13,16)17/h4-7H,1-3H3,(H2,13,16,17). The molecule has 1 amide bonds. The van der Waals surface area contributed by atoms with Crippen molar-refractivity contribution in [2.24, 2.45) is 5.14 Å². The van der Waals surface area contributed by atoms with Gasteiger partial charge in [-0.05, 0) is 25.1 Å². The van der Waals surface area contributed by atoms with Crippen LogP contribution < -0.4 is 9.88 Å². The van der Waals surface area contributed by atoms with Gasteiger partial charge in [0.2, 0.25) is 10.0 Å². The second-order valence-electron chi connectivity index (χ2n) is 4.13. The first-order valence-electron chi connectivity index (χ1n) is 5.33. The van der Waals surface area contributed by atoms with Crippen molar-refractivity contribution in [2.75, 3.05) is 14.1 Å². The summed E-state index contributed by atoms with van der Waals surface area (Å²) in [5, 5.41) is 5.05. The number of carbonyl (C=O) groups is 1. The van der Waals surface area contributed by atoms with E-state index in [1.54, 1.807) is 21.0 Å². The van der Waals surface area contributed by atoms with Crippen LogP contribution in [-0.2, 0) is 14.8 Å². The van der Waals surface area contributed by atoms with Crippen LogP contribution in [0.2, 0.25) is 5.02 Å². The predicted molar refractivity (Wildman–Crippen MR) is 71.6 cm³/mol. The first kappa shape index (κ1) is 15.7. The number of primary sulfonamides is 1. The van der Waals surface area contributed by atoms with Crippen LogP contribution in [0, 0.1) is 0 Å². The summed E-state index contributed by atoms with van der Waals surface area (Å²) in [6.07, 6.45) is -0.729. The maximum absolute atomic E-state index is 11.6. The number of rotatable bonds is 4. The molecule has 0 saturated carbocycles. The molecule has 1 aromatic carbocycles. The van der Waals surface area contributed by atoms with Crippen LogP contribution in [0.3, 0.4) is 0 Å². The molecule has 6 nitrogen and oxygen atoms in total. The number of benzene rings is 1. The molecule has 2 N–H and O–H groups in total. The van der Waals surface area contributed by atoms with Crippen LogP contribution in [0.4, 0.5) is 0 Å². The van der Waals surface area contributed by atoms with E-state index in [0.29, 0.717) is 0 Å². The SMILES string of the molecule is CC(Oc1ccc(S(N)(=O)=O)cc1Cl)C(=O)N(C)C. The van der Waals surface area contributed by atoms with Gasteiger partial charge in [-0.1, -0.05) is 11.6 Å². The average Bonchev–Trinajstić information content (AvgIpc) is 2.29. The van der Waals surface area contributed by atoms with Gasteiger partial charge in [0.05, 0.1) is 9.92 Å². The minimum Gasteiger partial charge on any atom is -0.479 e. The number of carbonyl (C=O) groups excluding carboxylic acids is 1. The third-order valence-electron chi connectivity index (χ3n) is 2.32. The largest absolute Gasteiger partial charge is 0.479 e. The van der Waals surface area contributed by atoms with Crippen molar-refractivity contribution >= 4 is 27.5 Å². The Kier molecular flexibility index (Phi) is 4.78. The number of ether oxygens (including phenoxy) is 1. The van der Waals surface area contributed by atoms with Gasteiger partial charge in [-0.25, -0.2) is 13.6 Å². The van der Waals surface area contributed by atoms with E-state index in [9.17, 15) is 13.2 Å². The monoisotopic (exact) mass is 306 g/mol. The number of sulfonamides is 1. The molecule has 1 aromatic rings. The Morgan fingerprint density at radius 3 is 2.42 bits per heavy atom. The van der Waals surface area contributed by atoms with Gasteiger partial charge in [0, 0.05) is 14.1 Å². The lowest BCUT2D eigenvalue weighted by molar-refractivity contribution is -0.135. The molecule has 0 heterocycles. The molecule has 0 radical (unpaired) electrons. The lowest BCUT2D eigenvalue weighted by Gasteiger charge is -2.19. The fourth-order valence-electron chi connectivity index (χ4n) is 1.36. The average molecular weight is 307 g/mol. The third-order valence-corrected chi connectivity index (χ3v) is 3.53. The summed E-state index contributed by atoms with van der Waals surface area (Å²) < 4.78 is 27.6. The maximum Gasteiger partial charge on any atom is 0.262 e. The zero-order chi connectivity index (χ0) is 14.8. The first-order valence-corrected chi connectivity index (χ1v) is 7.25. The fourth-order valence-corrected chi connectivity index (χ4v) is 2.19. The number of nitrogens with zero attached hydrogens (tertiary/aromatic N) is 1. The van der Waals surface area contributed by atoms with Crippen molar-refractivity contribution in [1.29, 1.82) is 0 Å². The molecule has 0 saturated heterocycles. The van der Waals surface area contributed by atoms with Crippen molar-refractivity contribution in [3.05, 3.63) is 23.2 Å². The van der Waals surface area contributed by atoms with Gasteiger partial charge in [-0.3, -0.25) is 4.79 Å². The van der Waals surface area contributed by atoms with Crippen LogP contribution in [0.15, 0.2) is 23.1 Å². The minimum absolute atomic E-state index is 0.0740. The van der Waals surface area contributed by atoms with Crippen molar-refractivity contribution in [1.82, 2.24) is 4.90 Å². The first-order chi connectivity index (χ1) is 8.62. The van der Waals surface area contributed by atoms with E-state index in [1.807, 2.05) is 0 Å². The normalized spacial score (nSPS) is 12.9. The molecule has 1 rings (SSSR count). The predicted octanol–water partition coefficient (Wildman–Crippen LogP) is 0.843. The number of halogens is 1. The molecule has 0 aliphatic rings. The quantitative estimate of drug-likeness (QED) is 0.892. The fraction of sp³-hybridized carbons (Fsp3) is 0.364. The van der Waals surface area contributed by atoms with E-state index in [-0.39, 0.29) is 21.6 Å². The summed E-state index contributed by atoms with van der Waals surface area (Å²) in [6.45, 7) is 1.58. The van der Waals surface area contributed by atoms with E-state index < -0.39 is 16.1 Å². The van der Waals surface area contributed by atoms with E-state index in [0.717, 1.165) is 0 Å². The summed E-state index contributed by atoms with van der Waals surface area (Å²) >= 11 is 5.89. The van der Waals surface area contributed by atoms with Crippen molar-refractivity contribution < 1.29 is 17.9 Å². The lowest BCUT2D eigenvalue weighted by Crippen LogP contribution is -2.35. The third kappa shape index (κ3) is 4.09.